The SMILES string of the molecule is COc1cc(C(=O)N2CCC[C@@H](N)[C@H]2C)cc2nc(-c3cc4ccc5nc4n3CC(F)(F)CCC[C@@H]3C[C@H]3C(=O)N[C@@H]5C)n(C)c12. The van der Waals surface area contributed by atoms with E-state index >= 15 is 8.78 Å². The minimum absolute atomic E-state index is 0.0385. The van der Waals surface area contributed by atoms with Crippen LogP contribution in [-0.2, 0) is 18.4 Å². The Kier molecular flexibility index (Phi) is 7.53. The van der Waals surface area contributed by atoms with E-state index in [1.807, 2.05) is 43.7 Å². The lowest BCUT2D eigenvalue weighted by molar-refractivity contribution is -0.123. The number of fused-ring (bicyclic) bond motifs is 3. The summed E-state index contributed by atoms with van der Waals surface area (Å²) < 4.78 is 40.5. The van der Waals surface area contributed by atoms with E-state index in [0.29, 0.717) is 70.0 Å². The number of nitrogens with two attached hydrogens (primary N) is 1. The van der Waals surface area contributed by atoms with Crippen LogP contribution in [0.2, 0.25) is 0 Å². The Labute approximate surface area is 266 Å². The standard InChI is InChI=1S/C34H41F2N7O3/c1-18-25-10-9-21-15-27(43(30(21)39-25)17-34(35,36)11-5-7-20-13-23(20)32(44)38-18)31-40-26-14-22(16-28(46-4)29(26)41(31)3)33(45)42-12-6-8-24(37)19(42)2/h9-10,14-16,18-20,23-24H,5-8,11-13,17,37H2,1-4H3,(H,38,44)/t18-,19-,20-,23-,24-/m1/s1. The molecule has 7 rings (SSSR count). The minimum atomic E-state index is -3.01. The molecule has 1 saturated carbocycles. The van der Waals surface area contributed by atoms with Crippen LogP contribution < -0.4 is 15.8 Å². The summed E-state index contributed by atoms with van der Waals surface area (Å²) in [6.45, 7) is 3.89. The molecule has 1 aliphatic carbocycles. The summed E-state index contributed by atoms with van der Waals surface area (Å²) in [5, 5.41) is 3.76. The second-order valence-electron chi connectivity index (χ2n) is 13.4. The number of aryl methyl sites for hydroxylation is 1. The van der Waals surface area contributed by atoms with Crippen molar-refractivity contribution in [1.82, 2.24) is 29.3 Å². The molecule has 10 nitrogen and oxygen atoms in total. The van der Waals surface area contributed by atoms with Gasteiger partial charge in [0.15, 0.2) is 5.82 Å². The Bertz CT molecular complexity index is 1850. The van der Waals surface area contributed by atoms with Crippen LogP contribution >= 0.6 is 0 Å². The van der Waals surface area contributed by atoms with Gasteiger partial charge in [-0.3, -0.25) is 9.59 Å². The third kappa shape index (κ3) is 5.30. The molecule has 3 aromatic heterocycles. The number of pyridine rings is 1. The first kappa shape index (κ1) is 30.6. The van der Waals surface area contributed by atoms with Gasteiger partial charge in [-0.05, 0) is 82.2 Å². The molecule has 12 heteroatoms. The van der Waals surface area contributed by atoms with Gasteiger partial charge in [0.2, 0.25) is 5.91 Å². The number of nitrogens with zero attached hydrogens (tertiary/aromatic N) is 5. The fraction of sp³-hybridized carbons (Fsp3) is 0.529. The molecular weight excluding hydrogens is 592 g/mol. The molecule has 2 fully saturated rings. The zero-order valence-electron chi connectivity index (χ0n) is 26.7. The van der Waals surface area contributed by atoms with Gasteiger partial charge in [0.1, 0.15) is 16.9 Å². The maximum atomic E-state index is 15.7. The number of carbonyl (C=O) groups excluding carboxylic acids is 2. The van der Waals surface area contributed by atoms with Crippen molar-refractivity contribution in [3.63, 3.8) is 0 Å². The van der Waals surface area contributed by atoms with Gasteiger partial charge in [0, 0.05) is 49.0 Å². The Morgan fingerprint density at radius 3 is 2.72 bits per heavy atom. The van der Waals surface area contributed by atoms with Gasteiger partial charge in [-0.25, -0.2) is 18.7 Å². The van der Waals surface area contributed by atoms with E-state index < -0.39 is 12.5 Å². The number of rotatable bonds is 3. The number of aromatic nitrogens is 4. The van der Waals surface area contributed by atoms with Crippen molar-refractivity contribution in [3.8, 4) is 17.3 Å². The molecule has 244 valence electrons. The smallest absolute Gasteiger partial charge is 0.265 e. The third-order valence-electron chi connectivity index (χ3n) is 10.3. The number of imidazole rings is 1. The largest absolute Gasteiger partial charge is 0.494 e. The van der Waals surface area contributed by atoms with Crippen LogP contribution in [0.25, 0.3) is 33.6 Å². The predicted octanol–water partition coefficient (Wildman–Crippen LogP) is 5.18. The number of halogens is 2. The van der Waals surface area contributed by atoms with Gasteiger partial charge >= 0.3 is 0 Å². The Morgan fingerprint density at radius 1 is 1.13 bits per heavy atom. The lowest BCUT2D eigenvalue weighted by Gasteiger charge is -2.37. The van der Waals surface area contributed by atoms with Crippen molar-refractivity contribution >= 4 is 33.9 Å². The molecule has 2 amide bonds. The highest BCUT2D eigenvalue weighted by molar-refractivity contribution is 6.00. The highest BCUT2D eigenvalue weighted by Gasteiger charge is 2.43. The number of hydrogen-bond acceptors (Lipinski definition) is 6. The van der Waals surface area contributed by atoms with Crippen LogP contribution in [0.1, 0.15) is 74.5 Å². The zero-order chi connectivity index (χ0) is 32.5. The first-order valence-corrected chi connectivity index (χ1v) is 16.3. The molecular formula is C34H41F2N7O3. The molecule has 46 heavy (non-hydrogen) atoms. The topological polar surface area (TPSA) is 120 Å². The van der Waals surface area contributed by atoms with Crippen LogP contribution in [0.5, 0.6) is 5.75 Å². The summed E-state index contributed by atoms with van der Waals surface area (Å²) >= 11 is 0. The molecule has 0 unspecified atom stereocenters. The van der Waals surface area contributed by atoms with Crippen LogP contribution in [0.3, 0.4) is 0 Å². The van der Waals surface area contributed by atoms with E-state index in [-0.39, 0.29) is 48.2 Å². The number of ether oxygens (including phenoxy) is 1. The predicted molar refractivity (Wildman–Crippen MR) is 171 cm³/mol. The van der Waals surface area contributed by atoms with Gasteiger partial charge in [-0.15, -0.1) is 0 Å². The van der Waals surface area contributed by atoms with E-state index in [1.54, 1.807) is 21.6 Å². The fourth-order valence-electron chi connectivity index (χ4n) is 7.39. The molecule has 2 bridgehead atoms. The van der Waals surface area contributed by atoms with E-state index in [2.05, 4.69) is 5.32 Å². The Morgan fingerprint density at radius 2 is 1.93 bits per heavy atom. The van der Waals surface area contributed by atoms with E-state index in [1.165, 1.54) is 7.11 Å². The number of nitrogens with one attached hydrogen (secondary N) is 1. The summed E-state index contributed by atoms with van der Waals surface area (Å²) in [4.78, 5) is 38.1. The van der Waals surface area contributed by atoms with Gasteiger partial charge in [0.05, 0.1) is 36.6 Å². The number of carbonyl (C=O) groups is 2. The third-order valence-corrected chi connectivity index (χ3v) is 10.3. The van der Waals surface area contributed by atoms with Gasteiger partial charge in [-0.1, -0.05) is 0 Å². The molecule has 5 heterocycles. The molecule has 4 aromatic rings. The molecule has 5 atom stereocenters. The van der Waals surface area contributed by atoms with Crippen molar-refractivity contribution in [1.29, 1.82) is 0 Å². The molecule has 1 saturated heterocycles. The van der Waals surface area contributed by atoms with Crippen molar-refractivity contribution < 1.29 is 23.1 Å². The molecule has 0 spiro atoms. The summed E-state index contributed by atoms with van der Waals surface area (Å²) in [5.41, 5.74) is 9.36. The van der Waals surface area contributed by atoms with E-state index in [4.69, 9.17) is 20.4 Å². The number of benzene rings is 1. The minimum Gasteiger partial charge on any atom is -0.494 e. The number of likely N-dealkylation sites (tertiary alicyclic amines) is 1. The number of piperidine rings is 1. The molecule has 2 aliphatic heterocycles. The zero-order valence-corrected chi connectivity index (χ0v) is 26.7. The first-order valence-electron chi connectivity index (χ1n) is 16.3. The van der Waals surface area contributed by atoms with Crippen molar-refractivity contribution in [2.24, 2.45) is 24.6 Å². The Hall–Kier alpha value is -4.06. The van der Waals surface area contributed by atoms with Crippen molar-refractivity contribution in [2.75, 3.05) is 13.7 Å². The average molecular weight is 634 g/mol. The normalized spacial score (nSPS) is 26.5. The highest BCUT2D eigenvalue weighted by Crippen LogP contribution is 2.44. The molecule has 3 N–H and O–H groups in total. The summed E-state index contributed by atoms with van der Waals surface area (Å²) in [6, 6.07) is 8.40. The van der Waals surface area contributed by atoms with Gasteiger partial charge in [0.25, 0.3) is 11.8 Å². The van der Waals surface area contributed by atoms with E-state index in [9.17, 15) is 9.59 Å². The van der Waals surface area contributed by atoms with Crippen molar-refractivity contribution in [3.05, 3.63) is 41.6 Å². The summed E-state index contributed by atoms with van der Waals surface area (Å²) in [7, 11) is 3.35. The van der Waals surface area contributed by atoms with E-state index in [0.717, 1.165) is 19.3 Å². The summed E-state index contributed by atoms with van der Waals surface area (Å²) in [6.07, 6.45) is 3.11. The average Bonchev–Trinajstić information content (AvgIpc) is 3.62. The van der Waals surface area contributed by atoms with Crippen LogP contribution in [0, 0.1) is 11.8 Å². The van der Waals surface area contributed by atoms with Crippen molar-refractivity contribution in [2.45, 2.75) is 83.0 Å². The number of methoxy groups -OCH3 is 1. The number of alkyl halides is 2. The quantitative estimate of drug-likeness (QED) is 0.321. The van der Waals surface area contributed by atoms with Crippen LogP contribution in [0.4, 0.5) is 8.78 Å². The number of amides is 2. The van der Waals surface area contributed by atoms with Crippen LogP contribution in [-0.4, -0.2) is 67.5 Å². The Balaban J connectivity index is 1.34. The van der Waals surface area contributed by atoms with Gasteiger partial charge in [-0.2, -0.15) is 0 Å². The molecule has 1 aromatic carbocycles. The number of hydrogen-bond donors (Lipinski definition) is 2. The lowest BCUT2D eigenvalue weighted by atomic mass is 9.97. The molecule has 3 aliphatic rings. The van der Waals surface area contributed by atoms with Gasteiger partial charge < -0.3 is 29.8 Å². The van der Waals surface area contributed by atoms with Crippen LogP contribution in [0.15, 0.2) is 30.3 Å². The lowest BCUT2D eigenvalue weighted by Crippen LogP contribution is -2.52. The first-order chi connectivity index (χ1) is 22.0. The second kappa shape index (κ2) is 11.3. The highest BCUT2D eigenvalue weighted by atomic mass is 19.3. The second-order valence-corrected chi connectivity index (χ2v) is 13.4. The molecule has 0 radical (unpaired) electrons. The monoisotopic (exact) mass is 633 g/mol. The summed E-state index contributed by atoms with van der Waals surface area (Å²) in [5.74, 6) is -2.23. The fourth-order valence-corrected chi connectivity index (χ4v) is 7.39. The maximum Gasteiger partial charge on any atom is 0.265 e. The maximum absolute atomic E-state index is 15.7.